The highest BCUT2D eigenvalue weighted by Gasteiger charge is 2.27. The van der Waals surface area contributed by atoms with E-state index in [-0.39, 0.29) is 12.1 Å². The third-order valence-corrected chi connectivity index (χ3v) is 8.63. The van der Waals surface area contributed by atoms with Crippen molar-refractivity contribution in [1.82, 2.24) is 9.24 Å². The van der Waals surface area contributed by atoms with Crippen LogP contribution in [0.2, 0.25) is 0 Å². The van der Waals surface area contributed by atoms with Gasteiger partial charge in [0.25, 0.3) is 8.53 Å². The minimum Gasteiger partial charge on any atom is -0.345 e. The van der Waals surface area contributed by atoms with Crippen molar-refractivity contribution in [2.45, 2.75) is 46.3 Å². The number of pyridine rings is 1. The first-order valence-electron chi connectivity index (χ1n) is 13.2. The van der Waals surface area contributed by atoms with Gasteiger partial charge in [-0.15, -0.1) is 0 Å². The Morgan fingerprint density at radius 1 is 0.921 bits per heavy atom. The highest BCUT2D eigenvalue weighted by Crippen LogP contribution is 2.45. The maximum atomic E-state index is 7.08. The third kappa shape index (κ3) is 6.49. The van der Waals surface area contributed by atoms with Gasteiger partial charge in [-0.05, 0) is 51.0 Å². The molecular formula is C31H38N4O2P+. The summed E-state index contributed by atoms with van der Waals surface area (Å²) in [4.78, 5) is 3.43. The number of para-hydroxylation sites is 2. The molecule has 0 radical (unpaired) electrons. The van der Waals surface area contributed by atoms with Gasteiger partial charge in [0, 0.05) is 47.9 Å². The molecule has 7 heteroatoms. The molecule has 0 spiro atoms. The molecule has 2 aromatic carbocycles. The number of hydrogen-bond donors (Lipinski definition) is 0. The van der Waals surface area contributed by atoms with Gasteiger partial charge in [-0.25, -0.2) is 15.8 Å². The summed E-state index contributed by atoms with van der Waals surface area (Å²) in [5, 5.41) is 2.45. The smallest absolute Gasteiger partial charge is 0.259 e. The molecule has 0 N–H and O–H groups in total. The summed E-state index contributed by atoms with van der Waals surface area (Å²) in [5.74, 6) is 0. The van der Waals surface area contributed by atoms with Crippen LogP contribution in [0.4, 0.5) is 0 Å². The van der Waals surface area contributed by atoms with Crippen LogP contribution in [0.1, 0.15) is 38.8 Å². The average molecular weight is 530 g/mol. The Balaban J connectivity index is 1.55. The minimum atomic E-state index is -1.24. The summed E-state index contributed by atoms with van der Waals surface area (Å²) < 4.78 is 19.1. The first-order valence-corrected chi connectivity index (χ1v) is 14.3. The predicted octanol–water partition coefficient (Wildman–Crippen LogP) is 7.09. The summed E-state index contributed by atoms with van der Waals surface area (Å²) in [6.07, 6.45) is 8.73. The van der Waals surface area contributed by atoms with E-state index < -0.39 is 8.53 Å². The number of hydrogen-bond acceptors (Lipinski definition) is 3. The maximum Gasteiger partial charge on any atom is 0.259 e. The van der Waals surface area contributed by atoms with E-state index in [4.69, 9.17) is 15.6 Å². The fraction of sp³-hybridized carbons (Fsp3) is 0.355. The van der Waals surface area contributed by atoms with Gasteiger partial charge in [-0.2, -0.15) is 0 Å². The second-order valence-corrected chi connectivity index (χ2v) is 11.3. The lowest BCUT2D eigenvalue weighted by atomic mass is 10.1. The molecule has 0 aliphatic carbocycles. The van der Waals surface area contributed by atoms with Crippen LogP contribution in [0.15, 0.2) is 67.0 Å². The second-order valence-electron chi connectivity index (χ2n) is 9.88. The average Bonchev–Trinajstić information content (AvgIpc) is 3.25. The van der Waals surface area contributed by atoms with Crippen LogP contribution in [0.25, 0.3) is 38.8 Å². The first-order chi connectivity index (χ1) is 18.4. The molecule has 198 valence electrons. The van der Waals surface area contributed by atoms with E-state index >= 15 is 0 Å². The first kappa shape index (κ1) is 28.0. The Morgan fingerprint density at radius 2 is 1.58 bits per heavy atom. The summed E-state index contributed by atoms with van der Waals surface area (Å²) in [6, 6.07) is 19.7. The van der Waals surface area contributed by atoms with E-state index in [0.29, 0.717) is 26.3 Å². The Kier molecular flexibility index (Phi) is 9.66. The van der Waals surface area contributed by atoms with Crippen molar-refractivity contribution in [1.29, 1.82) is 0 Å². The van der Waals surface area contributed by atoms with Crippen molar-refractivity contribution >= 4 is 42.5 Å². The number of aromatic nitrogens is 2. The molecule has 0 bridgehead atoms. The Bertz CT molecular complexity index is 1430. The van der Waals surface area contributed by atoms with Crippen molar-refractivity contribution in [2.75, 3.05) is 19.8 Å². The molecule has 0 fully saturated rings. The van der Waals surface area contributed by atoms with E-state index in [1.807, 2.05) is 0 Å². The van der Waals surface area contributed by atoms with Crippen LogP contribution in [0, 0.1) is 6.57 Å². The molecule has 0 aliphatic rings. The largest absolute Gasteiger partial charge is 0.345 e. The van der Waals surface area contributed by atoms with E-state index in [9.17, 15) is 0 Å². The quantitative estimate of drug-likeness (QED) is 0.0851. The molecule has 0 saturated heterocycles. The molecule has 1 unspecified atom stereocenters. The number of nitrogens with zero attached hydrogens (tertiary/aromatic N) is 4. The van der Waals surface area contributed by atoms with Crippen molar-refractivity contribution in [3.63, 3.8) is 0 Å². The van der Waals surface area contributed by atoms with Crippen molar-refractivity contribution < 1.29 is 13.6 Å². The van der Waals surface area contributed by atoms with Gasteiger partial charge in [-0.1, -0.05) is 42.5 Å². The Morgan fingerprint density at radius 3 is 2.32 bits per heavy atom. The van der Waals surface area contributed by atoms with Gasteiger partial charge in [0.1, 0.15) is 13.7 Å². The molecule has 4 aromatic rings. The Labute approximate surface area is 227 Å². The van der Waals surface area contributed by atoms with Gasteiger partial charge in [0.15, 0.2) is 6.20 Å². The normalized spacial score (nSPS) is 12.9. The number of rotatable bonds is 12. The highest BCUT2D eigenvalue weighted by atomic mass is 31.2. The monoisotopic (exact) mass is 529 g/mol. The number of benzene rings is 2. The molecule has 2 aromatic heterocycles. The lowest BCUT2D eigenvalue weighted by molar-refractivity contribution is -0.644. The van der Waals surface area contributed by atoms with Gasteiger partial charge < -0.3 is 18.5 Å². The topological polar surface area (TPSA) is 34.9 Å². The third-order valence-electron chi connectivity index (χ3n) is 6.52. The SMILES string of the molecule is [C-]#[N+]CCOP(OCCn1cc(/C=C/c2cc[n+](C)c3ccccc23)c2ccccc21)N(C(C)C)C(C)C. The standard InChI is InChI=1S/C31H38N4O2P/c1-24(2)35(25(3)4)38(36-21-18-32-5)37-22-20-34-23-27(29-12-8-10-14-31(29)34)16-15-26-17-19-33(6)30-13-9-7-11-28(26)30/h7-17,19,23-25H,18,20-22H2,1-4,6H3/q+1. The Hall–Kier alpha value is -3.07. The van der Waals surface area contributed by atoms with Gasteiger partial charge >= 0.3 is 0 Å². The minimum absolute atomic E-state index is 0.287. The van der Waals surface area contributed by atoms with Gasteiger partial charge in [0.05, 0.1) is 12.0 Å². The van der Waals surface area contributed by atoms with Crippen molar-refractivity contribution in [2.24, 2.45) is 7.05 Å². The number of aryl methyl sites for hydroxylation is 1. The lowest BCUT2D eigenvalue weighted by Crippen LogP contribution is -2.34. The zero-order chi connectivity index (χ0) is 27.1. The summed E-state index contributed by atoms with van der Waals surface area (Å²) in [7, 11) is 0.835. The molecule has 4 rings (SSSR count). The van der Waals surface area contributed by atoms with Crippen LogP contribution in [0.3, 0.4) is 0 Å². The van der Waals surface area contributed by atoms with Crippen molar-refractivity contribution in [3.8, 4) is 0 Å². The highest BCUT2D eigenvalue weighted by molar-refractivity contribution is 7.44. The molecule has 1 atom stereocenters. The molecule has 0 amide bonds. The van der Waals surface area contributed by atoms with Crippen LogP contribution < -0.4 is 4.57 Å². The summed E-state index contributed by atoms with van der Waals surface area (Å²) in [5.41, 5.74) is 4.77. The van der Waals surface area contributed by atoms with Gasteiger partial charge in [0.2, 0.25) is 12.1 Å². The zero-order valence-electron chi connectivity index (χ0n) is 23.0. The molecule has 0 aliphatic heterocycles. The van der Waals surface area contributed by atoms with E-state index in [1.54, 1.807) is 0 Å². The number of fused-ring (bicyclic) bond motifs is 2. The van der Waals surface area contributed by atoms with Crippen molar-refractivity contribution in [3.05, 3.63) is 89.5 Å². The summed E-state index contributed by atoms with van der Waals surface area (Å²) in [6.45, 7) is 17.7. The van der Waals surface area contributed by atoms with Crippen LogP contribution >= 0.6 is 8.53 Å². The van der Waals surface area contributed by atoms with E-state index in [1.165, 1.54) is 32.9 Å². The van der Waals surface area contributed by atoms with Gasteiger partial charge in [-0.3, -0.25) is 0 Å². The predicted molar refractivity (Wildman–Crippen MR) is 158 cm³/mol. The van der Waals surface area contributed by atoms with Crippen LogP contribution in [0.5, 0.6) is 0 Å². The molecule has 38 heavy (non-hydrogen) atoms. The maximum absolute atomic E-state index is 7.08. The van der Waals surface area contributed by atoms with Crippen LogP contribution in [-0.2, 0) is 22.6 Å². The fourth-order valence-electron chi connectivity index (χ4n) is 4.83. The van der Waals surface area contributed by atoms with E-state index in [0.717, 1.165) is 0 Å². The molecular weight excluding hydrogens is 491 g/mol. The summed E-state index contributed by atoms with van der Waals surface area (Å²) >= 11 is 0. The zero-order valence-corrected chi connectivity index (χ0v) is 23.9. The molecule has 2 heterocycles. The fourth-order valence-corrected chi connectivity index (χ4v) is 6.40. The second kappa shape index (κ2) is 13.1. The lowest BCUT2D eigenvalue weighted by Gasteiger charge is -2.35. The van der Waals surface area contributed by atoms with E-state index in [2.05, 4.69) is 133 Å². The molecule has 6 nitrogen and oxygen atoms in total. The molecule has 0 saturated carbocycles. The van der Waals surface area contributed by atoms with Crippen LogP contribution in [-0.4, -0.2) is 41.1 Å².